The molecule has 1 saturated heterocycles. The molecule has 0 radical (unpaired) electrons. The van der Waals surface area contributed by atoms with Gasteiger partial charge in [0.2, 0.25) is 11.8 Å². The van der Waals surface area contributed by atoms with E-state index < -0.39 is 5.41 Å². The maximum Gasteiger partial charge on any atom is 0.237 e. The second-order valence-electron chi connectivity index (χ2n) is 5.84. The van der Waals surface area contributed by atoms with E-state index in [0.717, 1.165) is 5.56 Å². The highest BCUT2D eigenvalue weighted by Crippen LogP contribution is 2.20. The molecule has 1 aliphatic rings. The quantitative estimate of drug-likeness (QED) is 0.860. The Labute approximate surface area is 135 Å². The van der Waals surface area contributed by atoms with E-state index in [4.69, 9.17) is 16.3 Å². The topological polar surface area (TPSA) is 58.6 Å². The number of hydrogen-bond acceptors (Lipinski definition) is 3. The number of carbonyl (C=O) groups is 2. The summed E-state index contributed by atoms with van der Waals surface area (Å²) in [6.45, 7) is 5.79. The molecule has 1 aromatic rings. The zero-order valence-electron chi connectivity index (χ0n) is 12.9. The molecule has 120 valence electrons. The van der Waals surface area contributed by atoms with E-state index in [0.29, 0.717) is 37.9 Å². The first-order valence-corrected chi connectivity index (χ1v) is 7.69. The van der Waals surface area contributed by atoms with Crippen LogP contribution < -0.4 is 5.32 Å². The molecule has 0 bridgehead atoms. The maximum absolute atomic E-state index is 12.5. The summed E-state index contributed by atoms with van der Waals surface area (Å²) in [5, 5.41) is 3.47. The van der Waals surface area contributed by atoms with Crippen molar-refractivity contribution in [2.75, 3.05) is 26.3 Å². The van der Waals surface area contributed by atoms with E-state index in [9.17, 15) is 9.59 Å². The lowest BCUT2D eigenvalue weighted by Crippen LogP contribution is -2.52. The van der Waals surface area contributed by atoms with Crippen LogP contribution >= 0.6 is 11.6 Å². The molecule has 1 heterocycles. The molecule has 2 amide bonds. The van der Waals surface area contributed by atoms with Crippen molar-refractivity contribution in [2.24, 2.45) is 5.41 Å². The summed E-state index contributed by atoms with van der Waals surface area (Å²) in [5.74, 6) is -0.441. The molecule has 1 aliphatic heterocycles. The van der Waals surface area contributed by atoms with Crippen LogP contribution in [0.4, 0.5) is 0 Å². The SMILES string of the molecule is CC(C)(C(=O)NCc1ccc(Cl)cc1)C(=O)N1CCOCC1. The molecule has 6 heteroatoms. The molecule has 5 nitrogen and oxygen atoms in total. The van der Waals surface area contributed by atoms with Crippen molar-refractivity contribution in [3.63, 3.8) is 0 Å². The van der Waals surface area contributed by atoms with Crippen LogP contribution in [0.25, 0.3) is 0 Å². The van der Waals surface area contributed by atoms with Crippen LogP contribution in [0.15, 0.2) is 24.3 Å². The fourth-order valence-corrected chi connectivity index (χ4v) is 2.39. The van der Waals surface area contributed by atoms with Gasteiger partial charge in [-0.05, 0) is 31.5 Å². The van der Waals surface area contributed by atoms with Gasteiger partial charge in [-0.1, -0.05) is 23.7 Å². The number of morpholine rings is 1. The largest absolute Gasteiger partial charge is 0.378 e. The molecule has 22 heavy (non-hydrogen) atoms. The van der Waals surface area contributed by atoms with Crippen LogP contribution in [0.3, 0.4) is 0 Å². The highest BCUT2D eigenvalue weighted by atomic mass is 35.5. The predicted octanol–water partition coefficient (Wildman–Crippen LogP) is 1.84. The van der Waals surface area contributed by atoms with Crippen LogP contribution in [-0.4, -0.2) is 43.0 Å². The molecular formula is C16H21ClN2O3. The van der Waals surface area contributed by atoms with Crippen LogP contribution in [0.5, 0.6) is 0 Å². The fraction of sp³-hybridized carbons (Fsp3) is 0.500. The number of amides is 2. The average Bonchev–Trinajstić information content (AvgIpc) is 2.54. The van der Waals surface area contributed by atoms with Crippen LogP contribution in [0, 0.1) is 5.41 Å². The first kappa shape index (κ1) is 16.8. The lowest BCUT2D eigenvalue weighted by molar-refractivity contribution is -0.151. The first-order chi connectivity index (χ1) is 10.4. The normalized spacial score (nSPS) is 15.5. The zero-order valence-corrected chi connectivity index (χ0v) is 13.7. The Balaban J connectivity index is 1.94. The van der Waals surface area contributed by atoms with Crippen molar-refractivity contribution in [3.8, 4) is 0 Å². The molecule has 0 unspecified atom stereocenters. The smallest absolute Gasteiger partial charge is 0.237 e. The minimum Gasteiger partial charge on any atom is -0.378 e. The Hall–Kier alpha value is -1.59. The van der Waals surface area contributed by atoms with Crippen molar-refractivity contribution >= 4 is 23.4 Å². The van der Waals surface area contributed by atoms with Gasteiger partial charge in [0, 0.05) is 24.7 Å². The second-order valence-corrected chi connectivity index (χ2v) is 6.28. The van der Waals surface area contributed by atoms with E-state index in [-0.39, 0.29) is 11.8 Å². The molecule has 2 rings (SSSR count). The molecule has 0 spiro atoms. The van der Waals surface area contributed by atoms with Crippen LogP contribution in [-0.2, 0) is 20.9 Å². The van der Waals surface area contributed by atoms with Gasteiger partial charge in [-0.25, -0.2) is 0 Å². The minimum absolute atomic E-state index is 0.163. The lowest BCUT2D eigenvalue weighted by atomic mass is 9.90. The number of ether oxygens (including phenoxy) is 1. The van der Waals surface area contributed by atoms with Gasteiger partial charge in [0.15, 0.2) is 0 Å². The number of nitrogens with zero attached hydrogens (tertiary/aromatic N) is 1. The highest BCUT2D eigenvalue weighted by Gasteiger charge is 2.39. The molecule has 1 aromatic carbocycles. The summed E-state index contributed by atoms with van der Waals surface area (Å²) in [6.07, 6.45) is 0. The second kappa shape index (κ2) is 7.11. The Morgan fingerprint density at radius 2 is 1.82 bits per heavy atom. The Morgan fingerprint density at radius 3 is 2.41 bits per heavy atom. The molecule has 0 aromatic heterocycles. The van der Waals surface area contributed by atoms with Crippen molar-refractivity contribution in [1.29, 1.82) is 0 Å². The van der Waals surface area contributed by atoms with Gasteiger partial charge in [-0.2, -0.15) is 0 Å². The summed E-state index contributed by atoms with van der Waals surface area (Å²) in [4.78, 5) is 26.6. The molecule has 1 N–H and O–H groups in total. The van der Waals surface area contributed by atoms with Gasteiger partial charge < -0.3 is 15.0 Å². The molecule has 0 aliphatic carbocycles. The van der Waals surface area contributed by atoms with Gasteiger partial charge in [-0.15, -0.1) is 0 Å². The van der Waals surface area contributed by atoms with Crippen molar-refractivity contribution in [2.45, 2.75) is 20.4 Å². The van der Waals surface area contributed by atoms with Crippen molar-refractivity contribution in [1.82, 2.24) is 10.2 Å². The number of nitrogens with one attached hydrogen (secondary N) is 1. The highest BCUT2D eigenvalue weighted by molar-refractivity contribution is 6.30. The summed E-state index contributed by atoms with van der Waals surface area (Å²) < 4.78 is 5.23. The maximum atomic E-state index is 12.5. The van der Waals surface area contributed by atoms with E-state index in [1.165, 1.54) is 0 Å². The van der Waals surface area contributed by atoms with Gasteiger partial charge >= 0.3 is 0 Å². The standard InChI is InChI=1S/C16H21ClN2O3/c1-16(2,15(21)19-7-9-22-10-8-19)14(20)18-11-12-3-5-13(17)6-4-12/h3-6H,7-11H2,1-2H3,(H,18,20). The van der Waals surface area contributed by atoms with E-state index in [2.05, 4.69) is 5.32 Å². The molecule has 1 fully saturated rings. The van der Waals surface area contributed by atoms with E-state index >= 15 is 0 Å². The zero-order chi connectivity index (χ0) is 16.2. The average molecular weight is 325 g/mol. The van der Waals surface area contributed by atoms with Gasteiger partial charge in [0.1, 0.15) is 5.41 Å². The summed E-state index contributed by atoms with van der Waals surface area (Å²) in [6, 6.07) is 7.24. The van der Waals surface area contributed by atoms with Gasteiger partial charge in [0.05, 0.1) is 13.2 Å². The third-order valence-corrected chi connectivity index (χ3v) is 4.02. The predicted molar refractivity (Wildman–Crippen MR) is 84.5 cm³/mol. The summed E-state index contributed by atoms with van der Waals surface area (Å²) >= 11 is 5.83. The number of hydrogen-bond donors (Lipinski definition) is 1. The third-order valence-electron chi connectivity index (χ3n) is 3.77. The fourth-order valence-electron chi connectivity index (χ4n) is 2.26. The van der Waals surface area contributed by atoms with Gasteiger partial charge in [-0.3, -0.25) is 9.59 Å². The first-order valence-electron chi connectivity index (χ1n) is 7.31. The monoisotopic (exact) mass is 324 g/mol. The third kappa shape index (κ3) is 3.99. The van der Waals surface area contributed by atoms with Crippen molar-refractivity contribution < 1.29 is 14.3 Å². The number of benzene rings is 1. The number of halogens is 1. The summed E-state index contributed by atoms with van der Waals surface area (Å²) in [5.41, 5.74) is -0.156. The Bertz CT molecular complexity index is 537. The molecular weight excluding hydrogens is 304 g/mol. The summed E-state index contributed by atoms with van der Waals surface area (Å²) in [7, 11) is 0. The molecule has 0 atom stereocenters. The lowest BCUT2D eigenvalue weighted by Gasteiger charge is -2.33. The van der Waals surface area contributed by atoms with E-state index in [1.807, 2.05) is 12.1 Å². The van der Waals surface area contributed by atoms with Crippen LogP contribution in [0.1, 0.15) is 19.4 Å². The Kier molecular flexibility index (Phi) is 5.42. The molecule has 0 saturated carbocycles. The van der Waals surface area contributed by atoms with Crippen molar-refractivity contribution in [3.05, 3.63) is 34.9 Å². The van der Waals surface area contributed by atoms with Crippen LogP contribution in [0.2, 0.25) is 5.02 Å². The Morgan fingerprint density at radius 1 is 1.23 bits per heavy atom. The minimum atomic E-state index is -1.09. The number of carbonyl (C=O) groups excluding carboxylic acids is 2. The number of rotatable bonds is 4. The van der Waals surface area contributed by atoms with Gasteiger partial charge in [0.25, 0.3) is 0 Å². The van der Waals surface area contributed by atoms with E-state index in [1.54, 1.807) is 30.9 Å².